The molecular formula is C11H13BrO. The molecule has 1 nitrogen and oxygen atoms in total. The fourth-order valence-corrected chi connectivity index (χ4v) is 1.55. The second kappa shape index (κ2) is 4.05. The number of halogens is 1. The third-order valence-corrected chi connectivity index (χ3v) is 2.92. The molecule has 0 heterocycles. The van der Waals surface area contributed by atoms with Gasteiger partial charge in [-0.15, -0.1) is 0 Å². The Bertz CT molecular complexity index is 329. The van der Waals surface area contributed by atoms with Gasteiger partial charge in [-0.1, -0.05) is 41.9 Å². The summed E-state index contributed by atoms with van der Waals surface area (Å²) in [6.45, 7) is 5.80. The van der Waals surface area contributed by atoms with Crippen LogP contribution in [0.4, 0.5) is 0 Å². The van der Waals surface area contributed by atoms with Crippen LogP contribution in [0.5, 0.6) is 0 Å². The first-order valence-corrected chi connectivity index (χ1v) is 5.12. The first-order valence-electron chi connectivity index (χ1n) is 4.33. The Balaban J connectivity index is 3.15. The molecule has 0 aliphatic heterocycles. The zero-order valence-corrected chi connectivity index (χ0v) is 9.68. The molecule has 0 N–H and O–H groups in total. The molecule has 0 spiro atoms. The highest BCUT2D eigenvalue weighted by Crippen LogP contribution is 2.21. The molecule has 0 aliphatic carbocycles. The lowest BCUT2D eigenvalue weighted by Crippen LogP contribution is -2.09. The predicted molar refractivity (Wildman–Crippen MR) is 58.0 cm³/mol. The van der Waals surface area contributed by atoms with Crippen molar-refractivity contribution in [2.24, 2.45) is 5.92 Å². The van der Waals surface area contributed by atoms with E-state index in [1.54, 1.807) is 0 Å². The van der Waals surface area contributed by atoms with Gasteiger partial charge >= 0.3 is 0 Å². The van der Waals surface area contributed by atoms with Gasteiger partial charge < -0.3 is 0 Å². The number of hydrogen-bond acceptors (Lipinski definition) is 1. The van der Waals surface area contributed by atoms with Crippen LogP contribution in [0.1, 0.15) is 29.8 Å². The van der Waals surface area contributed by atoms with E-state index in [2.05, 4.69) is 15.9 Å². The summed E-state index contributed by atoms with van der Waals surface area (Å²) in [5.74, 6) is 0.270. The highest BCUT2D eigenvalue weighted by Gasteiger charge is 2.13. The Morgan fingerprint density at radius 3 is 2.54 bits per heavy atom. The van der Waals surface area contributed by atoms with E-state index in [9.17, 15) is 4.79 Å². The number of Topliss-reactive ketones (excluding diaryl/α,β-unsaturated/α-hetero) is 1. The smallest absolute Gasteiger partial charge is 0.165 e. The second-order valence-corrected chi connectivity index (χ2v) is 4.29. The topological polar surface area (TPSA) is 17.1 Å². The number of hydrogen-bond donors (Lipinski definition) is 0. The minimum atomic E-state index is 0.0630. The van der Waals surface area contributed by atoms with E-state index >= 15 is 0 Å². The number of ketones is 1. The van der Waals surface area contributed by atoms with Crippen LogP contribution in [0.2, 0.25) is 0 Å². The Hall–Kier alpha value is -0.630. The number of carbonyl (C=O) groups is 1. The van der Waals surface area contributed by atoms with Crippen LogP contribution in [0.3, 0.4) is 0 Å². The second-order valence-electron chi connectivity index (χ2n) is 3.43. The highest BCUT2D eigenvalue weighted by atomic mass is 79.9. The summed E-state index contributed by atoms with van der Waals surface area (Å²) >= 11 is 3.41. The molecule has 0 radical (unpaired) electrons. The quantitative estimate of drug-likeness (QED) is 0.723. The van der Waals surface area contributed by atoms with Gasteiger partial charge in [0.25, 0.3) is 0 Å². The maximum absolute atomic E-state index is 11.7. The van der Waals surface area contributed by atoms with Gasteiger partial charge in [-0.05, 0) is 18.6 Å². The molecule has 0 saturated heterocycles. The van der Waals surface area contributed by atoms with Gasteiger partial charge in [0, 0.05) is 16.0 Å². The van der Waals surface area contributed by atoms with Gasteiger partial charge in [0.15, 0.2) is 5.78 Å². The van der Waals surface area contributed by atoms with Gasteiger partial charge in [0.1, 0.15) is 0 Å². The van der Waals surface area contributed by atoms with Crippen molar-refractivity contribution in [2.75, 3.05) is 0 Å². The normalized spacial score (nSPS) is 10.5. The number of benzene rings is 1. The van der Waals surface area contributed by atoms with Crippen LogP contribution in [-0.2, 0) is 0 Å². The average molecular weight is 241 g/mol. The largest absolute Gasteiger partial charge is 0.294 e. The zero-order valence-electron chi connectivity index (χ0n) is 8.10. The van der Waals surface area contributed by atoms with Crippen LogP contribution in [0, 0.1) is 12.8 Å². The summed E-state index contributed by atoms with van der Waals surface area (Å²) in [7, 11) is 0. The summed E-state index contributed by atoms with van der Waals surface area (Å²) in [4.78, 5) is 11.7. The van der Waals surface area contributed by atoms with Gasteiger partial charge in [-0.25, -0.2) is 0 Å². The lowest BCUT2D eigenvalue weighted by Gasteiger charge is -2.08. The monoisotopic (exact) mass is 240 g/mol. The molecule has 0 atom stereocenters. The molecule has 0 unspecified atom stereocenters. The van der Waals surface area contributed by atoms with Crippen molar-refractivity contribution in [1.82, 2.24) is 0 Å². The molecule has 13 heavy (non-hydrogen) atoms. The van der Waals surface area contributed by atoms with E-state index in [1.807, 2.05) is 39.0 Å². The molecule has 1 aromatic rings. The van der Waals surface area contributed by atoms with Crippen LogP contribution in [0.15, 0.2) is 22.7 Å². The SMILES string of the molecule is Cc1c(Br)cccc1C(=O)C(C)C. The molecule has 0 saturated carbocycles. The van der Waals surface area contributed by atoms with Crippen molar-refractivity contribution in [1.29, 1.82) is 0 Å². The molecular weight excluding hydrogens is 228 g/mol. The number of rotatable bonds is 2. The molecule has 70 valence electrons. The Morgan fingerprint density at radius 2 is 2.00 bits per heavy atom. The zero-order chi connectivity index (χ0) is 10.0. The molecule has 1 rings (SSSR count). The van der Waals surface area contributed by atoms with Crippen molar-refractivity contribution >= 4 is 21.7 Å². The summed E-state index contributed by atoms with van der Waals surface area (Å²) in [6, 6.07) is 5.72. The third-order valence-electron chi connectivity index (χ3n) is 2.06. The molecule has 0 fully saturated rings. The van der Waals surface area contributed by atoms with E-state index in [1.165, 1.54) is 0 Å². The van der Waals surface area contributed by atoms with Crippen molar-refractivity contribution in [3.8, 4) is 0 Å². The molecule has 0 bridgehead atoms. The van der Waals surface area contributed by atoms with Gasteiger partial charge in [0.2, 0.25) is 0 Å². The first-order chi connectivity index (χ1) is 6.04. The maximum atomic E-state index is 11.7. The van der Waals surface area contributed by atoms with Crippen LogP contribution < -0.4 is 0 Å². The molecule has 2 heteroatoms. The van der Waals surface area contributed by atoms with Crippen molar-refractivity contribution < 1.29 is 4.79 Å². The van der Waals surface area contributed by atoms with Crippen LogP contribution in [-0.4, -0.2) is 5.78 Å². The van der Waals surface area contributed by atoms with Crippen LogP contribution >= 0.6 is 15.9 Å². The van der Waals surface area contributed by atoms with Crippen molar-refractivity contribution in [3.05, 3.63) is 33.8 Å². The van der Waals surface area contributed by atoms with Gasteiger partial charge in [-0.2, -0.15) is 0 Å². The summed E-state index contributed by atoms with van der Waals surface area (Å²) < 4.78 is 0.999. The summed E-state index contributed by atoms with van der Waals surface area (Å²) in [6.07, 6.45) is 0. The van der Waals surface area contributed by atoms with Gasteiger partial charge in [0.05, 0.1) is 0 Å². The molecule has 0 amide bonds. The van der Waals surface area contributed by atoms with E-state index in [0.29, 0.717) is 0 Å². The Kier molecular flexibility index (Phi) is 3.26. The summed E-state index contributed by atoms with van der Waals surface area (Å²) in [5, 5.41) is 0. The minimum absolute atomic E-state index is 0.0630. The lowest BCUT2D eigenvalue weighted by atomic mass is 9.97. The Morgan fingerprint density at radius 1 is 1.38 bits per heavy atom. The first kappa shape index (κ1) is 10.5. The van der Waals surface area contributed by atoms with Crippen molar-refractivity contribution in [2.45, 2.75) is 20.8 Å². The van der Waals surface area contributed by atoms with Crippen molar-refractivity contribution in [3.63, 3.8) is 0 Å². The molecule has 0 aromatic heterocycles. The molecule has 1 aromatic carbocycles. The minimum Gasteiger partial charge on any atom is -0.294 e. The van der Waals surface area contributed by atoms with E-state index in [-0.39, 0.29) is 11.7 Å². The number of carbonyl (C=O) groups excluding carboxylic acids is 1. The van der Waals surface area contributed by atoms with Crippen LogP contribution in [0.25, 0.3) is 0 Å². The maximum Gasteiger partial charge on any atom is 0.165 e. The third kappa shape index (κ3) is 2.19. The standard InChI is InChI=1S/C11H13BrO/c1-7(2)11(13)9-5-4-6-10(12)8(9)3/h4-7H,1-3H3. The predicted octanol–water partition coefficient (Wildman–Crippen LogP) is 3.60. The van der Waals surface area contributed by atoms with Gasteiger partial charge in [-0.3, -0.25) is 4.79 Å². The lowest BCUT2D eigenvalue weighted by molar-refractivity contribution is 0.0938. The average Bonchev–Trinajstić information content (AvgIpc) is 2.08. The summed E-state index contributed by atoms with van der Waals surface area (Å²) in [5.41, 5.74) is 1.85. The Labute approximate surface area is 87.3 Å². The fourth-order valence-electron chi connectivity index (χ4n) is 1.19. The molecule has 0 aliphatic rings. The van der Waals surface area contributed by atoms with E-state index in [0.717, 1.165) is 15.6 Å². The highest BCUT2D eigenvalue weighted by molar-refractivity contribution is 9.10. The van der Waals surface area contributed by atoms with E-state index < -0.39 is 0 Å². The fraction of sp³-hybridized carbons (Fsp3) is 0.364. The van der Waals surface area contributed by atoms with E-state index in [4.69, 9.17) is 0 Å².